The van der Waals surface area contributed by atoms with Crippen LogP contribution in [0.1, 0.15) is 55.5 Å². The van der Waals surface area contributed by atoms with E-state index in [0.717, 1.165) is 44.3 Å². The van der Waals surface area contributed by atoms with E-state index < -0.39 is 5.60 Å². The molecule has 2 fully saturated rings. The van der Waals surface area contributed by atoms with Gasteiger partial charge < -0.3 is 20.3 Å². The summed E-state index contributed by atoms with van der Waals surface area (Å²) in [5, 5.41) is 6.33. The maximum atomic E-state index is 13.4. The fourth-order valence-corrected chi connectivity index (χ4v) is 4.06. The van der Waals surface area contributed by atoms with Crippen LogP contribution in [0.4, 0.5) is 5.69 Å². The molecule has 0 bridgehead atoms. The summed E-state index contributed by atoms with van der Waals surface area (Å²) in [5.41, 5.74) is 1.46. The second kappa shape index (κ2) is 6.27. The van der Waals surface area contributed by atoms with Crippen LogP contribution in [-0.4, -0.2) is 47.5 Å². The van der Waals surface area contributed by atoms with Crippen LogP contribution in [-0.2, 0) is 4.79 Å². The number of benzene rings is 1. The van der Waals surface area contributed by atoms with Crippen LogP contribution < -0.4 is 15.4 Å². The molecule has 2 heterocycles. The van der Waals surface area contributed by atoms with Crippen molar-refractivity contribution in [1.29, 1.82) is 0 Å². The number of carbonyl (C=O) groups is 2. The number of fused-ring (bicyclic) bond motifs is 1. The second-order valence-electron chi connectivity index (χ2n) is 8.02. The standard InChI is InChI=1S/C20H27N3O3/c1-12(2)23(14-5-4-8-21-11-14)18(24)15-10-16-17(9-13(15)3)26-20(6-7-20)19(25)22-16/h9-10,12,14,21H,4-8,11H2,1-3H3,(H,22,25). The van der Waals surface area contributed by atoms with E-state index in [0.29, 0.717) is 17.0 Å². The van der Waals surface area contributed by atoms with Gasteiger partial charge in [0.15, 0.2) is 5.60 Å². The van der Waals surface area contributed by atoms with Crippen molar-refractivity contribution in [3.8, 4) is 5.75 Å². The first-order chi connectivity index (χ1) is 12.4. The maximum absolute atomic E-state index is 13.4. The van der Waals surface area contributed by atoms with E-state index in [-0.39, 0.29) is 23.9 Å². The lowest BCUT2D eigenvalue weighted by atomic mass is 9.99. The molecule has 26 heavy (non-hydrogen) atoms. The number of rotatable bonds is 3. The molecular weight excluding hydrogens is 330 g/mol. The van der Waals surface area contributed by atoms with Crippen molar-refractivity contribution in [2.45, 2.75) is 64.1 Å². The Morgan fingerprint density at radius 2 is 2.12 bits per heavy atom. The van der Waals surface area contributed by atoms with Gasteiger partial charge in [-0.2, -0.15) is 0 Å². The van der Waals surface area contributed by atoms with E-state index in [4.69, 9.17) is 4.74 Å². The number of nitrogens with zero attached hydrogens (tertiary/aromatic N) is 1. The van der Waals surface area contributed by atoms with Gasteiger partial charge in [0.1, 0.15) is 5.75 Å². The number of aryl methyl sites for hydroxylation is 1. The minimum atomic E-state index is -0.664. The van der Waals surface area contributed by atoms with Crippen molar-refractivity contribution in [2.24, 2.45) is 0 Å². The Hall–Kier alpha value is -2.08. The second-order valence-corrected chi connectivity index (χ2v) is 8.02. The Kier molecular flexibility index (Phi) is 4.18. The van der Waals surface area contributed by atoms with E-state index in [1.165, 1.54) is 0 Å². The predicted octanol–water partition coefficient (Wildman–Crippen LogP) is 2.46. The van der Waals surface area contributed by atoms with Gasteiger partial charge >= 0.3 is 0 Å². The quantitative estimate of drug-likeness (QED) is 0.872. The van der Waals surface area contributed by atoms with E-state index >= 15 is 0 Å². The van der Waals surface area contributed by atoms with Crippen LogP contribution in [0.5, 0.6) is 5.75 Å². The monoisotopic (exact) mass is 357 g/mol. The molecule has 1 aliphatic carbocycles. The molecule has 2 amide bonds. The summed E-state index contributed by atoms with van der Waals surface area (Å²) in [6, 6.07) is 3.99. The summed E-state index contributed by atoms with van der Waals surface area (Å²) in [5.74, 6) is 0.603. The zero-order valence-electron chi connectivity index (χ0n) is 15.7. The van der Waals surface area contributed by atoms with Gasteiger partial charge in [-0.1, -0.05) is 0 Å². The van der Waals surface area contributed by atoms with Gasteiger partial charge in [-0.05, 0) is 57.9 Å². The Bertz CT molecular complexity index is 749. The number of amides is 2. The van der Waals surface area contributed by atoms with Gasteiger partial charge in [-0.3, -0.25) is 9.59 Å². The number of hydrogen-bond acceptors (Lipinski definition) is 4. The van der Waals surface area contributed by atoms with Gasteiger partial charge in [0.2, 0.25) is 0 Å². The molecule has 1 saturated carbocycles. The largest absolute Gasteiger partial charge is 0.475 e. The van der Waals surface area contributed by atoms with Gasteiger partial charge in [0.25, 0.3) is 11.8 Å². The van der Waals surface area contributed by atoms with Gasteiger partial charge in [0, 0.05) is 37.0 Å². The summed E-state index contributed by atoms with van der Waals surface area (Å²) >= 11 is 0. The van der Waals surface area contributed by atoms with Crippen LogP contribution >= 0.6 is 0 Å². The van der Waals surface area contributed by atoms with Crippen LogP contribution in [0.2, 0.25) is 0 Å². The molecule has 1 atom stereocenters. The van der Waals surface area contributed by atoms with Crippen molar-refractivity contribution in [2.75, 3.05) is 18.4 Å². The third-order valence-corrected chi connectivity index (χ3v) is 5.68. The fraction of sp³-hybridized carbons (Fsp3) is 0.600. The van der Waals surface area contributed by atoms with Crippen LogP contribution in [0.25, 0.3) is 0 Å². The lowest BCUT2D eigenvalue weighted by molar-refractivity contribution is -0.125. The Labute approximate surface area is 154 Å². The maximum Gasteiger partial charge on any atom is 0.268 e. The highest BCUT2D eigenvalue weighted by Crippen LogP contribution is 2.47. The minimum Gasteiger partial charge on any atom is -0.475 e. The molecule has 3 aliphatic rings. The smallest absolute Gasteiger partial charge is 0.268 e. The average Bonchev–Trinajstić information content (AvgIpc) is 3.37. The van der Waals surface area contributed by atoms with Gasteiger partial charge in [0.05, 0.1) is 5.69 Å². The van der Waals surface area contributed by atoms with E-state index in [1.54, 1.807) is 6.07 Å². The van der Waals surface area contributed by atoms with Crippen molar-refractivity contribution in [3.63, 3.8) is 0 Å². The van der Waals surface area contributed by atoms with Crippen molar-refractivity contribution in [1.82, 2.24) is 10.2 Å². The number of anilines is 1. The molecule has 1 aromatic carbocycles. The third-order valence-electron chi connectivity index (χ3n) is 5.68. The molecule has 1 aromatic rings. The first-order valence-electron chi connectivity index (χ1n) is 9.60. The van der Waals surface area contributed by atoms with Gasteiger partial charge in [-0.15, -0.1) is 0 Å². The first-order valence-corrected chi connectivity index (χ1v) is 9.60. The van der Waals surface area contributed by atoms with Crippen molar-refractivity contribution in [3.05, 3.63) is 23.3 Å². The fourth-order valence-electron chi connectivity index (χ4n) is 4.06. The lowest BCUT2D eigenvalue weighted by Gasteiger charge is -2.38. The summed E-state index contributed by atoms with van der Waals surface area (Å²) < 4.78 is 5.94. The summed E-state index contributed by atoms with van der Waals surface area (Å²) in [6.07, 6.45) is 3.61. The molecule has 0 aromatic heterocycles. The molecular formula is C20H27N3O3. The van der Waals surface area contributed by atoms with E-state index in [9.17, 15) is 9.59 Å². The lowest BCUT2D eigenvalue weighted by Crippen LogP contribution is -2.51. The molecule has 1 saturated heterocycles. The van der Waals surface area contributed by atoms with Gasteiger partial charge in [-0.25, -0.2) is 0 Å². The van der Waals surface area contributed by atoms with Crippen LogP contribution in [0, 0.1) is 6.92 Å². The Balaban J connectivity index is 1.65. The Morgan fingerprint density at radius 1 is 1.35 bits per heavy atom. The number of nitrogens with one attached hydrogen (secondary N) is 2. The average molecular weight is 357 g/mol. The molecule has 140 valence electrons. The SMILES string of the molecule is Cc1cc2c(cc1C(=O)N(C(C)C)C1CCCNC1)NC(=O)C1(CC1)O2. The van der Waals surface area contributed by atoms with E-state index in [2.05, 4.69) is 24.5 Å². The number of carbonyl (C=O) groups excluding carboxylic acids is 2. The molecule has 6 heteroatoms. The molecule has 2 aliphatic heterocycles. The zero-order valence-corrected chi connectivity index (χ0v) is 15.7. The topological polar surface area (TPSA) is 70.7 Å². The summed E-state index contributed by atoms with van der Waals surface area (Å²) in [7, 11) is 0. The zero-order chi connectivity index (χ0) is 18.5. The predicted molar refractivity (Wildman–Crippen MR) is 99.6 cm³/mol. The minimum absolute atomic E-state index is 0.0231. The molecule has 2 N–H and O–H groups in total. The number of ether oxygens (including phenoxy) is 1. The first kappa shape index (κ1) is 17.3. The molecule has 6 nitrogen and oxygen atoms in total. The highest BCUT2D eigenvalue weighted by molar-refractivity contribution is 6.05. The number of piperidine rings is 1. The van der Waals surface area contributed by atoms with Crippen LogP contribution in [0.3, 0.4) is 0 Å². The molecule has 1 unspecified atom stereocenters. The molecule has 1 spiro atoms. The third kappa shape index (κ3) is 2.86. The number of hydrogen-bond donors (Lipinski definition) is 2. The highest BCUT2D eigenvalue weighted by atomic mass is 16.5. The molecule has 0 radical (unpaired) electrons. The summed E-state index contributed by atoms with van der Waals surface area (Å²) in [4.78, 5) is 27.6. The van der Waals surface area contributed by atoms with Crippen molar-refractivity contribution >= 4 is 17.5 Å². The highest BCUT2D eigenvalue weighted by Gasteiger charge is 2.55. The van der Waals surface area contributed by atoms with E-state index in [1.807, 2.05) is 17.9 Å². The normalized spacial score (nSPS) is 23.2. The molecule has 4 rings (SSSR count). The Morgan fingerprint density at radius 3 is 2.73 bits per heavy atom. The van der Waals surface area contributed by atoms with Crippen molar-refractivity contribution < 1.29 is 14.3 Å². The van der Waals surface area contributed by atoms with Crippen LogP contribution in [0.15, 0.2) is 12.1 Å². The summed E-state index contributed by atoms with van der Waals surface area (Å²) in [6.45, 7) is 7.89.